The molecule has 9 nitrogen and oxygen atoms in total. The summed E-state index contributed by atoms with van der Waals surface area (Å²) in [6.45, 7) is 4.13. The summed E-state index contributed by atoms with van der Waals surface area (Å²) in [7, 11) is 0. The molecule has 0 aliphatic rings. The molecular formula is C20H23N5O4S. The molecule has 2 aromatic heterocycles. The van der Waals surface area contributed by atoms with Gasteiger partial charge in [-0.15, -0.1) is 11.3 Å². The Hall–Kier alpha value is -3.24. The largest absolute Gasteiger partial charge is 0.477 e. The number of carboxylic acids is 1. The summed E-state index contributed by atoms with van der Waals surface area (Å²) in [5.74, 6) is -1.76. The van der Waals surface area contributed by atoms with Gasteiger partial charge in [-0.1, -0.05) is 0 Å². The molecule has 0 fully saturated rings. The lowest BCUT2D eigenvalue weighted by atomic mass is 10.0. The van der Waals surface area contributed by atoms with Gasteiger partial charge in [0.2, 0.25) is 0 Å². The molecule has 30 heavy (non-hydrogen) atoms. The molecule has 0 aliphatic carbocycles. The number of carbonyl (C=O) groups excluding carboxylic acids is 2. The van der Waals surface area contributed by atoms with Crippen LogP contribution in [0.2, 0.25) is 0 Å². The number of aromatic carboxylic acids is 1. The van der Waals surface area contributed by atoms with Gasteiger partial charge in [0.1, 0.15) is 11.4 Å². The average Bonchev–Trinajstić information content (AvgIpc) is 3.30. The average molecular weight is 430 g/mol. The number of thiazole rings is 1. The van der Waals surface area contributed by atoms with Crippen molar-refractivity contribution in [1.29, 1.82) is 0 Å². The number of H-pyrrole nitrogens is 1. The second kappa shape index (κ2) is 9.06. The number of benzene rings is 1. The highest BCUT2D eigenvalue weighted by atomic mass is 32.1. The minimum Gasteiger partial charge on any atom is -0.477 e. The zero-order chi connectivity index (χ0) is 21.8. The summed E-state index contributed by atoms with van der Waals surface area (Å²) in [6.07, 6.45) is 1.12. The maximum Gasteiger partial charge on any atom is 0.352 e. The van der Waals surface area contributed by atoms with Crippen LogP contribution in [0, 0.1) is 0 Å². The second-order valence-electron chi connectivity index (χ2n) is 7.06. The van der Waals surface area contributed by atoms with Gasteiger partial charge in [-0.2, -0.15) is 0 Å². The van der Waals surface area contributed by atoms with Crippen LogP contribution in [-0.2, 0) is 6.42 Å². The molecule has 2 heterocycles. The van der Waals surface area contributed by atoms with E-state index in [0.717, 1.165) is 11.3 Å². The number of hydrogen-bond acceptors (Lipinski definition) is 6. The first-order chi connectivity index (χ1) is 14.3. The van der Waals surface area contributed by atoms with Gasteiger partial charge in [-0.25, -0.2) is 9.78 Å². The molecule has 0 bridgehead atoms. The first-order valence-electron chi connectivity index (χ1n) is 9.45. The van der Waals surface area contributed by atoms with Gasteiger partial charge < -0.3 is 21.1 Å². The molecule has 3 rings (SSSR count). The molecule has 3 aromatic rings. The maximum absolute atomic E-state index is 12.7. The molecule has 1 aromatic carbocycles. The Morgan fingerprint density at radius 3 is 2.70 bits per heavy atom. The molecule has 10 heteroatoms. The summed E-state index contributed by atoms with van der Waals surface area (Å²) < 4.78 is 0. The van der Waals surface area contributed by atoms with Gasteiger partial charge in [0.25, 0.3) is 11.8 Å². The fourth-order valence-electron chi connectivity index (χ4n) is 3.05. The highest BCUT2D eigenvalue weighted by molar-refractivity contribution is 7.14. The van der Waals surface area contributed by atoms with Crippen molar-refractivity contribution >= 4 is 45.2 Å². The van der Waals surface area contributed by atoms with Crippen molar-refractivity contribution in [2.45, 2.75) is 32.7 Å². The Bertz CT molecular complexity index is 1100. The predicted octanol–water partition coefficient (Wildman–Crippen LogP) is 2.60. The van der Waals surface area contributed by atoms with E-state index in [0.29, 0.717) is 46.5 Å². The van der Waals surface area contributed by atoms with Crippen LogP contribution in [0.25, 0.3) is 10.9 Å². The van der Waals surface area contributed by atoms with Crippen molar-refractivity contribution in [3.05, 3.63) is 46.1 Å². The lowest BCUT2D eigenvalue weighted by molar-refractivity contribution is 0.0689. The smallest absolute Gasteiger partial charge is 0.352 e. The van der Waals surface area contributed by atoms with Gasteiger partial charge in [-0.05, 0) is 57.0 Å². The van der Waals surface area contributed by atoms with Crippen LogP contribution in [0.4, 0.5) is 5.13 Å². The van der Waals surface area contributed by atoms with Crippen molar-refractivity contribution in [2.75, 3.05) is 11.9 Å². The Labute approximate surface area is 176 Å². The van der Waals surface area contributed by atoms with E-state index in [9.17, 15) is 19.5 Å². The van der Waals surface area contributed by atoms with E-state index in [2.05, 4.69) is 20.6 Å². The number of aromatic amines is 1. The van der Waals surface area contributed by atoms with Crippen LogP contribution < -0.4 is 16.4 Å². The van der Waals surface area contributed by atoms with E-state index in [1.54, 1.807) is 23.6 Å². The number of hydrogen-bond donors (Lipinski definition) is 5. The van der Waals surface area contributed by atoms with E-state index >= 15 is 0 Å². The number of nitrogens with one attached hydrogen (secondary N) is 3. The Kier molecular flexibility index (Phi) is 6.48. The van der Waals surface area contributed by atoms with E-state index in [4.69, 9.17) is 5.73 Å². The molecule has 0 saturated heterocycles. The summed E-state index contributed by atoms with van der Waals surface area (Å²) in [4.78, 5) is 43.3. The van der Waals surface area contributed by atoms with Gasteiger partial charge in [0, 0.05) is 27.9 Å². The molecule has 0 radical (unpaired) electrons. The number of nitrogens with zero attached hydrogens (tertiary/aromatic N) is 1. The number of carboxylic acid groups (broad SMARTS) is 1. The van der Waals surface area contributed by atoms with Crippen molar-refractivity contribution < 1.29 is 19.5 Å². The Morgan fingerprint density at radius 2 is 2.03 bits per heavy atom. The van der Waals surface area contributed by atoms with Crippen molar-refractivity contribution in [3.63, 3.8) is 0 Å². The number of amides is 2. The number of anilines is 1. The molecule has 2 amide bonds. The number of fused-ring (bicyclic) bond motifs is 1. The van der Waals surface area contributed by atoms with E-state index < -0.39 is 11.9 Å². The summed E-state index contributed by atoms with van der Waals surface area (Å²) >= 11 is 1.15. The van der Waals surface area contributed by atoms with Crippen LogP contribution in [0.3, 0.4) is 0 Å². The normalized spacial score (nSPS) is 11.1. The zero-order valence-electron chi connectivity index (χ0n) is 16.6. The third kappa shape index (κ3) is 4.66. The highest BCUT2D eigenvalue weighted by Crippen LogP contribution is 2.26. The Balaban J connectivity index is 1.84. The van der Waals surface area contributed by atoms with Crippen LogP contribution in [0.1, 0.15) is 57.2 Å². The van der Waals surface area contributed by atoms with Crippen molar-refractivity contribution in [2.24, 2.45) is 5.73 Å². The fraction of sp³-hybridized carbons (Fsp3) is 0.300. The molecule has 158 valence electrons. The summed E-state index contributed by atoms with van der Waals surface area (Å²) in [5, 5.41) is 17.4. The lowest BCUT2D eigenvalue weighted by Crippen LogP contribution is -2.30. The van der Waals surface area contributed by atoms with Crippen LogP contribution in [0.5, 0.6) is 0 Å². The molecular weight excluding hydrogens is 406 g/mol. The van der Waals surface area contributed by atoms with Crippen LogP contribution in [0.15, 0.2) is 23.6 Å². The first-order valence-corrected chi connectivity index (χ1v) is 10.3. The number of rotatable bonds is 8. The lowest BCUT2D eigenvalue weighted by Gasteiger charge is -2.05. The molecule has 0 aliphatic heterocycles. The molecule has 6 N–H and O–H groups in total. The standard InChI is InChI=1S/C20H23N5O4S/c1-10(2)22-18(27)15-9-30-20(24-15)25-17(26)11-5-6-14-13(8-11)12(4-3-7-21)16(23-14)19(28)29/h5-6,8-10,23H,3-4,7,21H2,1-2H3,(H,22,27)(H,28,29)(H,24,25,26). The SMILES string of the molecule is CC(C)NC(=O)c1csc(NC(=O)c2ccc3[nH]c(C(=O)O)c(CCCN)c3c2)n1. The Morgan fingerprint density at radius 1 is 1.27 bits per heavy atom. The van der Waals surface area contributed by atoms with Gasteiger partial charge in [-0.3, -0.25) is 14.9 Å². The van der Waals surface area contributed by atoms with Gasteiger partial charge >= 0.3 is 5.97 Å². The van der Waals surface area contributed by atoms with E-state index in [1.165, 1.54) is 0 Å². The quantitative estimate of drug-likeness (QED) is 0.371. The minimum absolute atomic E-state index is 0.0190. The monoisotopic (exact) mass is 429 g/mol. The van der Waals surface area contributed by atoms with Crippen LogP contribution in [-0.4, -0.2) is 45.4 Å². The van der Waals surface area contributed by atoms with Gasteiger partial charge in [0.15, 0.2) is 5.13 Å². The van der Waals surface area contributed by atoms with E-state index in [-0.39, 0.29) is 23.3 Å². The van der Waals surface area contributed by atoms with Crippen molar-refractivity contribution in [3.8, 4) is 0 Å². The van der Waals surface area contributed by atoms with E-state index in [1.807, 2.05) is 13.8 Å². The third-order valence-electron chi connectivity index (χ3n) is 4.39. The van der Waals surface area contributed by atoms with Gasteiger partial charge in [0.05, 0.1) is 0 Å². The minimum atomic E-state index is -1.06. The van der Waals surface area contributed by atoms with Crippen LogP contribution >= 0.6 is 11.3 Å². The molecule has 0 atom stereocenters. The molecule has 0 unspecified atom stereocenters. The van der Waals surface area contributed by atoms with Crippen molar-refractivity contribution in [1.82, 2.24) is 15.3 Å². The fourth-order valence-corrected chi connectivity index (χ4v) is 3.74. The second-order valence-corrected chi connectivity index (χ2v) is 7.91. The predicted molar refractivity (Wildman–Crippen MR) is 115 cm³/mol. The first kappa shape index (κ1) is 21.5. The zero-order valence-corrected chi connectivity index (χ0v) is 17.4. The molecule has 0 saturated carbocycles. The third-order valence-corrected chi connectivity index (χ3v) is 5.15. The number of aryl methyl sites for hydroxylation is 1. The number of carbonyl (C=O) groups is 3. The summed E-state index contributed by atoms with van der Waals surface area (Å²) in [6, 6.07) is 4.91. The molecule has 0 spiro atoms. The highest BCUT2D eigenvalue weighted by Gasteiger charge is 2.19. The summed E-state index contributed by atoms with van der Waals surface area (Å²) in [5.41, 5.74) is 7.54. The number of nitrogens with two attached hydrogens (primary N) is 1. The number of aromatic nitrogens is 2. The maximum atomic E-state index is 12.7. The topological polar surface area (TPSA) is 150 Å².